The van der Waals surface area contributed by atoms with Crippen molar-refractivity contribution in [3.63, 3.8) is 0 Å². The highest BCUT2D eigenvalue weighted by atomic mass is 35.5. The van der Waals surface area contributed by atoms with E-state index in [0.717, 1.165) is 31.6 Å². The average molecular weight is 324 g/mol. The zero-order valence-corrected chi connectivity index (χ0v) is 14.2. The van der Waals surface area contributed by atoms with Crippen LogP contribution in [0.2, 0.25) is 0 Å². The number of likely N-dealkylation sites (tertiary alicyclic amines) is 1. The van der Waals surface area contributed by atoms with Crippen molar-refractivity contribution in [1.29, 1.82) is 0 Å². The first-order valence-corrected chi connectivity index (χ1v) is 7.94. The van der Waals surface area contributed by atoms with Gasteiger partial charge in [-0.1, -0.05) is 25.1 Å². The number of hydrogen-bond acceptors (Lipinski definition) is 3. The zero-order valence-electron chi connectivity index (χ0n) is 13.4. The van der Waals surface area contributed by atoms with Gasteiger partial charge in [0.1, 0.15) is 0 Å². The summed E-state index contributed by atoms with van der Waals surface area (Å²) in [5, 5.41) is 0. The normalized spacial score (nSPS) is 28.1. The van der Waals surface area contributed by atoms with Gasteiger partial charge >= 0.3 is 0 Å². The van der Waals surface area contributed by atoms with E-state index in [1.54, 1.807) is 0 Å². The van der Waals surface area contributed by atoms with Gasteiger partial charge in [0.2, 0.25) is 5.91 Å². The molecule has 2 heterocycles. The van der Waals surface area contributed by atoms with Gasteiger partial charge in [-0.3, -0.25) is 9.69 Å². The van der Waals surface area contributed by atoms with E-state index in [2.05, 4.69) is 30.9 Å². The molecule has 1 fully saturated rings. The lowest BCUT2D eigenvalue weighted by molar-refractivity contribution is -0.120. The molecule has 0 saturated carbocycles. The van der Waals surface area contributed by atoms with E-state index in [1.807, 2.05) is 17.0 Å². The van der Waals surface area contributed by atoms with Crippen LogP contribution in [0.3, 0.4) is 0 Å². The van der Waals surface area contributed by atoms with Crippen LogP contribution in [0.25, 0.3) is 0 Å². The second-order valence-corrected chi connectivity index (χ2v) is 6.61. The van der Waals surface area contributed by atoms with Crippen LogP contribution < -0.4 is 10.6 Å². The molecule has 1 saturated heterocycles. The first-order chi connectivity index (χ1) is 10.1. The number of nitrogens with zero attached hydrogens (tertiary/aromatic N) is 2. The fourth-order valence-corrected chi connectivity index (χ4v) is 3.61. The Morgan fingerprint density at radius 1 is 1.32 bits per heavy atom. The van der Waals surface area contributed by atoms with Crippen molar-refractivity contribution >= 4 is 24.0 Å². The smallest absolute Gasteiger partial charge is 0.241 e. The van der Waals surface area contributed by atoms with E-state index in [0.29, 0.717) is 12.5 Å². The van der Waals surface area contributed by atoms with E-state index >= 15 is 0 Å². The van der Waals surface area contributed by atoms with Gasteiger partial charge in [-0.2, -0.15) is 0 Å². The maximum atomic E-state index is 12.7. The lowest BCUT2D eigenvalue weighted by atomic mass is 9.95. The monoisotopic (exact) mass is 323 g/mol. The predicted octanol–water partition coefficient (Wildman–Crippen LogP) is 2.06. The van der Waals surface area contributed by atoms with Crippen LogP contribution in [-0.4, -0.2) is 42.5 Å². The van der Waals surface area contributed by atoms with Crippen LogP contribution >= 0.6 is 12.4 Å². The summed E-state index contributed by atoms with van der Waals surface area (Å²) in [6, 6.07) is 8.79. The Morgan fingerprint density at radius 2 is 2.05 bits per heavy atom. The number of amides is 1. The summed E-state index contributed by atoms with van der Waals surface area (Å²) >= 11 is 0. The number of hydrogen-bond donors (Lipinski definition) is 1. The molecule has 3 atom stereocenters. The van der Waals surface area contributed by atoms with E-state index in [9.17, 15) is 4.79 Å². The molecule has 2 N–H and O–H groups in total. The minimum atomic E-state index is 0. The number of piperidine rings is 1. The standard InChI is InChI=1S/C17H25N3O.ClH/c1-12-10-19(8-7-15(12)18)11-17(21)20-13(2)9-14-5-3-4-6-16(14)20;/h3-6,12-13,15H,7-11,18H2,1-2H3;1H. The molecule has 0 bridgehead atoms. The lowest BCUT2D eigenvalue weighted by Crippen LogP contribution is -2.50. The number of carbonyl (C=O) groups is 1. The third-order valence-corrected chi connectivity index (χ3v) is 4.89. The van der Waals surface area contributed by atoms with E-state index in [1.165, 1.54) is 5.56 Å². The van der Waals surface area contributed by atoms with Crippen LogP contribution in [0.4, 0.5) is 5.69 Å². The van der Waals surface area contributed by atoms with Crippen LogP contribution in [0.15, 0.2) is 24.3 Å². The molecular formula is C17H26ClN3O. The molecular weight excluding hydrogens is 298 g/mol. The summed E-state index contributed by atoms with van der Waals surface area (Å²) in [6.45, 7) is 6.68. The molecule has 2 aliphatic heterocycles. The van der Waals surface area contributed by atoms with Gasteiger partial charge in [0.05, 0.1) is 6.54 Å². The predicted molar refractivity (Wildman–Crippen MR) is 92.5 cm³/mol. The first-order valence-electron chi connectivity index (χ1n) is 7.94. The number of halogens is 1. The molecule has 0 aliphatic carbocycles. The summed E-state index contributed by atoms with van der Waals surface area (Å²) in [4.78, 5) is 17.0. The van der Waals surface area contributed by atoms with E-state index in [4.69, 9.17) is 5.73 Å². The van der Waals surface area contributed by atoms with Crippen LogP contribution in [0, 0.1) is 5.92 Å². The number of anilines is 1. The molecule has 0 aromatic heterocycles. The van der Waals surface area contributed by atoms with Crippen LogP contribution in [0.1, 0.15) is 25.8 Å². The Hall–Kier alpha value is -1.10. The number of carbonyl (C=O) groups excluding carboxylic acids is 1. The quantitative estimate of drug-likeness (QED) is 0.906. The maximum absolute atomic E-state index is 12.7. The molecule has 122 valence electrons. The molecule has 0 radical (unpaired) electrons. The van der Waals surface area contributed by atoms with Crippen molar-refractivity contribution in [2.45, 2.75) is 38.8 Å². The van der Waals surface area contributed by atoms with Gasteiger partial charge in [-0.05, 0) is 37.3 Å². The van der Waals surface area contributed by atoms with Gasteiger partial charge in [0.15, 0.2) is 0 Å². The van der Waals surface area contributed by atoms with Crippen molar-refractivity contribution in [2.75, 3.05) is 24.5 Å². The van der Waals surface area contributed by atoms with Crippen molar-refractivity contribution in [3.05, 3.63) is 29.8 Å². The van der Waals surface area contributed by atoms with Crippen LogP contribution in [-0.2, 0) is 11.2 Å². The summed E-state index contributed by atoms with van der Waals surface area (Å²) in [5.74, 6) is 0.685. The number of rotatable bonds is 2. The van der Waals surface area contributed by atoms with Gasteiger partial charge in [-0.25, -0.2) is 0 Å². The molecule has 3 rings (SSSR count). The molecule has 4 nitrogen and oxygen atoms in total. The van der Waals surface area contributed by atoms with E-state index in [-0.39, 0.29) is 30.4 Å². The first kappa shape index (κ1) is 17.3. The summed E-state index contributed by atoms with van der Waals surface area (Å²) in [7, 11) is 0. The van der Waals surface area contributed by atoms with Gasteiger partial charge < -0.3 is 10.6 Å². The molecule has 2 aliphatic rings. The topological polar surface area (TPSA) is 49.6 Å². The van der Waals surface area contributed by atoms with Gasteiger partial charge in [-0.15, -0.1) is 12.4 Å². The van der Waals surface area contributed by atoms with Crippen LogP contribution in [0.5, 0.6) is 0 Å². The van der Waals surface area contributed by atoms with Crippen molar-refractivity contribution in [2.24, 2.45) is 11.7 Å². The maximum Gasteiger partial charge on any atom is 0.241 e. The average Bonchev–Trinajstić information content (AvgIpc) is 2.78. The van der Waals surface area contributed by atoms with Crippen molar-refractivity contribution in [3.8, 4) is 0 Å². The minimum Gasteiger partial charge on any atom is -0.327 e. The molecule has 1 aromatic carbocycles. The van der Waals surface area contributed by atoms with E-state index < -0.39 is 0 Å². The fraction of sp³-hybridized carbons (Fsp3) is 0.588. The largest absolute Gasteiger partial charge is 0.327 e. The molecule has 3 unspecified atom stereocenters. The van der Waals surface area contributed by atoms with Gasteiger partial charge in [0.25, 0.3) is 0 Å². The zero-order chi connectivity index (χ0) is 15.0. The molecule has 1 amide bonds. The number of nitrogens with two attached hydrogens (primary N) is 1. The SMILES string of the molecule is CC1CN(CC(=O)N2c3ccccc3CC2C)CCC1N.Cl. The molecule has 22 heavy (non-hydrogen) atoms. The summed E-state index contributed by atoms with van der Waals surface area (Å²) < 4.78 is 0. The highest BCUT2D eigenvalue weighted by Crippen LogP contribution is 2.32. The van der Waals surface area contributed by atoms with Crippen molar-refractivity contribution in [1.82, 2.24) is 4.90 Å². The number of fused-ring (bicyclic) bond motifs is 1. The Kier molecular flexibility index (Phi) is 5.48. The minimum absolute atomic E-state index is 0. The summed E-state index contributed by atoms with van der Waals surface area (Å²) in [6.07, 6.45) is 1.95. The second kappa shape index (κ2) is 6.99. The number of benzene rings is 1. The molecule has 0 spiro atoms. The number of para-hydroxylation sites is 1. The highest BCUT2D eigenvalue weighted by molar-refractivity contribution is 5.97. The second-order valence-electron chi connectivity index (χ2n) is 6.61. The Morgan fingerprint density at radius 3 is 2.77 bits per heavy atom. The third-order valence-electron chi connectivity index (χ3n) is 4.89. The van der Waals surface area contributed by atoms with Gasteiger partial charge in [0, 0.05) is 30.9 Å². The highest BCUT2D eigenvalue weighted by Gasteiger charge is 2.32. The fourth-order valence-electron chi connectivity index (χ4n) is 3.61. The third kappa shape index (κ3) is 3.29. The Balaban J connectivity index is 0.00000176. The molecule has 5 heteroatoms. The molecule has 1 aromatic rings. The Bertz CT molecular complexity index is 536. The van der Waals surface area contributed by atoms with Crippen molar-refractivity contribution < 1.29 is 4.79 Å². The summed E-state index contributed by atoms with van der Waals surface area (Å²) in [5.41, 5.74) is 8.44. The lowest BCUT2D eigenvalue weighted by Gasteiger charge is -2.35. The Labute approximate surface area is 139 Å².